The first-order valence-corrected chi connectivity index (χ1v) is 6.24. The van der Waals surface area contributed by atoms with Crippen LogP contribution in [0.2, 0.25) is 0 Å². The van der Waals surface area contributed by atoms with E-state index in [1.807, 2.05) is 0 Å². The van der Waals surface area contributed by atoms with Crippen LogP contribution in [-0.2, 0) is 14.8 Å². The molecule has 1 saturated heterocycles. The summed E-state index contributed by atoms with van der Waals surface area (Å²) in [5, 5.41) is -0.218. The number of carbonyl (C=O) groups excluding carboxylic acids is 1. The SMILES string of the molecule is O=C=NC1CCCN1S(=O)(=O)C1CC1. The maximum absolute atomic E-state index is 11.8. The number of hydrogen-bond acceptors (Lipinski definition) is 4. The quantitative estimate of drug-likeness (QED) is 0.501. The van der Waals surface area contributed by atoms with Gasteiger partial charge in [-0.2, -0.15) is 9.30 Å². The average Bonchev–Trinajstić information content (AvgIpc) is 2.88. The van der Waals surface area contributed by atoms with Crippen LogP contribution in [0.25, 0.3) is 0 Å². The van der Waals surface area contributed by atoms with Crippen LogP contribution < -0.4 is 0 Å². The lowest BCUT2D eigenvalue weighted by molar-refractivity contribution is 0.395. The fourth-order valence-electron chi connectivity index (χ4n) is 1.77. The highest BCUT2D eigenvalue weighted by molar-refractivity contribution is 7.90. The predicted octanol–water partition coefficient (Wildman–Crippen LogP) is 0.236. The molecule has 1 aliphatic heterocycles. The molecule has 1 aliphatic carbocycles. The highest BCUT2D eigenvalue weighted by Gasteiger charge is 2.44. The lowest BCUT2D eigenvalue weighted by Crippen LogP contribution is -2.36. The molecule has 0 N–H and O–H groups in total. The first-order valence-electron chi connectivity index (χ1n) is 4.74. The van der Waals surface area contributed by atoms with Crippen molar-refractivity contribution < 1.29 is 13.2 Å². The lowest BCUT2D eigenvalue weighted by atomic mass is 10.3. The Kier molecular flexibility index (Phi) is 2.43. The molecular formula is C8H12N2O3S. The molecule has 2 aliphatic rings. The molecule has 0 spiro atoms. The topological polar surface area (TPSA) is 66.8 Å². The Morgan fingerprint density at radius 2 is 2.00 bits per heavy atom. The molecule has 0 aromatic carbocycles. The van der Waals surface area contributed by atoms with Gasteiger partial charge in [0.05, 0.1) is 5.25 Å². The number of aliphatic imine (C=N–C) groups is 1. The summed E-state index contributed by atoms with van der Waals surface area (Å²) in [7, 11) is -3.18. The van der Waals surface area contributed by atoms with Crippen molar-refractivity contribution in [3.8, 4) is 0 Å². The monoisotopic (exact) mass is 216 g/mol. The zero-order valence-corrected chi connectivity index (χ0v) is 8.53. The van der Waals surface area contributed by atoms with Gasteiger partial charge in [-0.15, -0.1) is 0 Å². The van der Waals surface area contributed by atoms with Crippen molar-refractivity contribution >= 4 is 16.1 Å². The van der Waals surface area contributed by atoms with E-state index in [9.17, 15) is 13.2 Å². The van der Waals surface area contributed by atoms with Crippen molar-refractivity contribution in [1.29, 1.82) is 0 Å². The number of sulfonamides is 1. The normalized spacial score (nSPS) is 28.7. The van der Waals surface area contributed by atoms with Gasteiger partial charge in [-0.05, 0) is 25.7 Å². The van der Waals surface area contributed by atoms with E-state index in [0.29, 0.717) is 13.0 Å². The van der Waals surface area contributed by atoms with Crippen molar-refractivity contribution in [2.75, 3.05) is 6.54 Å². The zero-order valence-electron chi connectivity index (χ0n) is 7.72. The molecule has 1 heterocycles. The highest BCUT2D eigenvalue weighted by Crippen LogP contribution is 2.34. The summed E-state index contributed by atoms with van der Waals surface area (Å²) in [6.45, 7) is 0.495. The van der Waals surface area contributed by atoms with Crippen LogP contribution in [0, 0.1) is 0 Å². The van der Waals surface area contributed by atoms with Gasteiger partial charge in [-0.3, -0.25) is 0 Å². The second kappa shape index (κ2) is 3.46. The molecule has 0 amide bonds. The van der Waals surface area contributed by atoms with E-state index in [2.05, 4.69) is 4.99 Å². The second-order valence-electron chi connectivity index (χ2n) is 3.70. The van der Waals surface area contributed by atoms with Crippen LogP contribution in [0.4, 0.5) is 0 Å². The van der Waals surface area contributed by atoms with Gasteiger partial charge in [0.1, 0.15) is 6.17 Å². The van der Waals surface area contributed by atoms with Crippen LogP contribution in [-0.4, -0.2) is 36.8 Å². The Labute approximate surface area is 82.9 Å². The van der Waals surface area contributed by atoms with E-state index < -0.39 is 16.2 Å². The zero-order chi connectivity index (χ0) is 10.2. The number of nitrogens with zero attached hydrogens (tertiary/aromatic N) is 2. The molecule has 5 nitrogen and oxygen atoms in total. The standard InChI is InChI=1S/C8H12N2O3S/c11-6-9-8-2-1-5-10(8)14(12,13)7-3-4-7/h7-8H,1-5H2. The van der Waals surface area contributed by atoms with Gasteiger partial charge in [0.2, 0.25) is 16.1 Å². The van der Waals surface area contributed by atoms with Crippen molar-refractivity contribution in [2.24, 2.45) is 4.99 Å². The summed E-state index contributed by atoms with van der Waals surface area (Å²) in [4.78, 5) is 13.6. The van der Waals surface area contributed by atoms with Gasteiger partial charge >= 0.3 is 0 Å². The van der Waals surface area contributed by atoms with Crippen molar-refractivity contribution in [3.63, 3.8) is 0 Å². The Balaban J connectivity index is 2.20. The summed E-state index contributed by atoms with van der Waals surface area (Å²) in [6, 6.07) is 0. The first kappa shape index (κ1) is 9.83. The van der Waals surface area contributed by atoms with Gasteiger partial charge in [-0.1, -0.05) is 0 Å². The third kappa shape index (κ3) is 1.61. The molecule has 0 bridgehead atoms. The van der Waals surface area contributed by atoms with Crippen molar-refractivity contribution in [3.05, 3.63) is 0 Å². The Morgan fingerprint density at radius 1 is 1.29 bits per heavy atom. The van der Waals surface area contributed by atoms with Crippen LogP contribution in [0.5, 0.6) is 0 Å². The predicted molar refractivity (Wildman–Crippen MR) is 49.8 cm³/mol. The molecule has 78 valence electrons. The van der Waals surface area contributed by atoms with Crippen molar-refractivity contribution in [2.45, 2.75) is 37.1 Å². The molecule has 0 radical (unpaired) electrons. The maximum Gasteiger partial charge on any atom is 0.236 e. The van der Waals surface area contributed by atoms with Crippen molar-refractivity contribution in [1.82, 2.24) is 4.31 Å². The van der Waals surface area contributed by atoms with E-state index in [4.69, 9.17) is 0 Å². The van der Waals surface area contributed by atoms with E-state index >= 15 is 0 Å². The summed E-state index contributed by atoms with van der Waals surface area (Å²) >= 11 is 0. The third-order valence-electron chi connectivity index (χ3n) is 2.65. The van der Waals surface area contributed by atoms with Crippen LogP contribution >= 0.6 is 0 Å². The van der Waals surface area contributed by atoms with E-state index in [-0.39, 0.29) is 5.25 Å². The Hall–Kier alpha value is -0.710. The van der Waals surface area contributed by atoms with Gasteiger partial charge in [0.25, 0.3) is 0 Å². The maximum atomic E-state index is 11.8. The molecule has 1 atom stereocenters. The van der Waals surface area contributed by atoms with Gasteiger partial charge in [0.15, 0.2) is 0 Å². The highest BCUT2D eigenvalue weighted by atomic mass is 32.2. The third-order valence-corrected chi connectivity index (χ3v) is 5.04. The average molecular weight is 216 g/mol. The minimum Gasteiger partial charge on any atom is -0.212 e. The molecule has 1 saturated carbocycles. The Morgan fingerprint density at radius 3 is 2.57 bits per heavy atom. The molecule has 6 heteroatoms. The number of rotatable bonds is 3. The van der Waals surface area contributed by atoms with E-state index in [1.165, 1.54) is 10.4 Å². The fourth-order valence-corrected chi connectivity index (χ4v) is 3.76. The molecule has 14 heavy (non-hydrogen) atoms. The van der Waals surface area contributed by atoms with Gasteiger partial charge in [-0.25, -0.2) is 13.2 Å². The summed E-state index contributed by atoms with van der Waals surface area (Å²) < 4.78 is 25.0. The number of isocyanates is 1. The van der Waals surface area contributed by atoms with Gasteiger partial charge < -0.3 is 0 Å². The number of hydrogen-bond donors (Lipinski definition) is 0. The molecule has 0 aromatic rings. The largest absolute Gasteiger partial charge is 0.236 e. The van der Waals surface area contributed by atoms with E-state index in [0.717, 1.165) is 19.3 Å². The molecule has 2 rings (SSSR count). The minimum atomic E-state index is -3.18. The minimum absolute atomic E-state index is 0.218. The molecule has 2 fully saturated rings. The summed E-state index contributed by atoms with van der Waals surface area (Å²) in [6.07, 6.45) is 3.86. The van der Waals surface area contributed by atoms with E-state index in [1.54, 1.807) is 0 Å². The summed E-state index contributed by atoms with van der Waals surface area (Å²) in [5.41, 5.74) is 0. The first-order chi connectivity index (χ1) is 6.66. The van der Waals surface area contributed by atoms with Gasteiger partial charge in [0, 0.05) is 6.54 Å². The van der Waals surface area contributed by atoms with Crippen LogP contribution in [0.15, 0.2) is 4.99 Å². The second-order valence-corrected chi connectivity index (χ2v) is 5.86. The van der Waals surface area contributed by atoms with Crippen LogP contribution in [0.3, 0.4) is 0 Å². The smallest absolute Gasteiger partial charge is 0.212 e. The van der Waals surface area contributed by atoms with Crippen LogP contribution in [0.1, 0.15) is 25.7 Å². The fraction of sp³-hybridized carbons (Fsp3) is 0.875. The molecular weight excluding hydrogens is 204 g/mol. The molecule has 1 unspecified atom stereocenters. The Bertz CT molecular complexity index is 368. The summed E-state index contributed by atoms with van der Waals surface area (Å²) in [5.74, 6) is 0. The lowest BCUT2D eigenvalue weighted by Gasteiger charge is -2.19. The molecule has 0 aromatic heterocycles.